The van der Waals surface area contributed by atoms with Crippen LogP contribution in [0.5, 0.6) is 5.75 Å². The minimum Gasteiger partial charge on any atom is -0.508 e. The number of hydrogen-bond donors (Lipinski definition) is 4. The number of aryl methyl sites for hydroxylation is 1. The van der Waals surface area contributed by atoms with Gasteiger partial charge in [-0.2, -0.15) is 4.98 Å². The molecule has 1 saturated carbocycles. The van der Waals surface area contributed by atoms with Crippen LogP contribution in [0, 0.1) is 6.92 Å². The molecule has 6 nitrogen and oxygen atoms in total. The highest BCUT2D eigenvalue weighted by atomic mass is 16.3. The molecule has 1 aromatic carbocycles. The Hall–Kier alpha value is -2.34. The molecular weight excluding hydrogens is 316 g/mol. The van der Waals surface area contributed by atoms with Gasteiger partial charge in [0.05, 0.1) is 6.10 Å². The van der Waals surface area contributed by atoms with Crippen LogP contribution in [0.1, 0.15) is 36.9 Å². The summed E-state index contributed by atoms with van der Waals surface area (Å²) in [5.74, 6) is 1.74. The number of aliphatic hydroxyl groups is 1. The van der Waals surface area contributed by atoms with Crippen molar-refractivity contribution in [1.82, 2.24) is 9.97 Å². The fraction of sp³-hybridized carbons (Fsp3) is 0.474. The molecule has 0 amide bonds. The molecule has 1 fully saturated rings. The molecule has 0 bridgehead atoms. The standard InChI is InChI=1S/C19H26N4O2/c1-13-12-18(20-11-10-14-2-6-16(24)7-3-14)23-19(21-13)22-15-4-8-17(25)9-5-15/h2-3,6-7,12,15,17,24-25H,4-5,8-11H2,1H3,(H2,20,21,22,23). The van der Waals surface area contributed by atoms with Crippen molar-refractivity contribution in [2.75, 3.05) is 17.2 Å². The number of rotatable bonds is 6. The number of phenols is 1. The molecule has 0 aliphatic heterocycles. The fourth-order valence-electron chi connectivity index (χ4n) is 3.12. The first kappa shape index (κ1) is 17.5. The largest absolute Gasteiger partial charge is 0.508 e. The van der Waals surface area contributed by atoms with E-state index in [1.807, 2.05) is 25.1 Å². The normalized spacial score (nSPS) is 20.2. The SMILES string of the molecule is Cc1cc(NCCc2ccc(O)cc2)nc(NC2CCC(O)CC2)n1. The highest BCUT2D eigenvalue weighted by Crippen LogP contribution is 2.21. The Morgan fingerprint density at radius 1 is 1.08 bits per heavy atom. The van der Waals surface area contributed by atoms with Crippen LogP contribution in [0.2, 0.25) is 0 Å². The van der Waals surface area contributed by atoms with Crippen LogP contribution < -0.4 is 10.6 Å². The number of phenolic OH excluding ortho intramolecular Hbond substituents is 1. The van der Waals surface area contributed by atoms with E-state index < -0.39 is 0 Å². The molecule has 0 atom stereocenters. The summed E-state index contributed by atoms with van der Waals surface area (Å²) in [6.45, 7) is 2.72. The van der Waals surface area contributed by atoms with Crippen LogP contribution in [0.4, 0.5) is 11.8 Å². The Balaban J connectivity index is 1.54. The van der Waals surface area contributed by atoms with E-state index in [1.54, 1.807) is 12.1 Å². The van der Waals surface area contributed by atoms with E-state index in [-0.39, 0.29) is 11.9 Å². The lowest BCUT2D eigenvalue weighted by Crippen LogP contribution is -2.29. The number of hydrogen-bond acceptors (Lipinski definition) is 6. The monoisotopic (exact) mass is 342 g/mol. The van der Waals surface area contributed by atoms with Crippen LogP contribution in [-0.4, -0.2) is 38.9 Å². The van der Waals surface area contributed by atoms with Crippen molar-refractivity contribution in [3.63, 3.8) is 0 Å². The topological polar surface area (TPSA) is 90.3 Å². The van der Waals surface area contributed by atoms with Gasteiger partial charge in [-0.3, -0.25) is 0 Å². The average Bonchev–Trinajstić information content (AvgIpc) is 2.58. The quantitative estimate of drug-likeness (QED) is 0.645. The highest BCUT2D eigenvalue weighted by Gasteiger charge is 2.20. The molecule has 2 aromatic rings. The van der Waals surface area contributed by atoms with Gasteiger partial charge in [0.2, 0.25) is 5.95 Å². The lowest BCUT2D eigenvalue weighted by atomic mass is 9.93. The molecule has 134 valence electrons. The average molecular weight is 342 g/mol. The second-order valence-electron chi connectivity index (χ2n) is 6.71. The molecule has 4 N–H and O–H groups in total. The Morgan fingerprint density at radius 3 is 2.52 bits per heavy atom. The zero-order chi connectivity index (χ0) is 17.6. The zero-order valence-electron chi connectivity index (χ0n) is 14.6. The second-order valence-corrected chi connectivity index (χ2v) is 6.71. The van der Waals surface area contributed by atoms with E-state index in [0.29, 0.717) is 12.0 Å². The molecule has 0 saturated heterocycles. The minimum atomic E-state index is -0.159. The number of nitrogens with zero attached hydrogens (tertiary/aromatic N) is 2. The van der Waals surface area contributed by atoms with Gasteiger partial charge in [-0.15, -0.1) is 0 Å². The first-order chi connectivity index (χ1) is 12.1. The molecule has 1 aliphatic rings. The van der Waals surface area contributed by atoms with Crippen molar-refractivity contribution in [2.24, 2.45) is 0 Å². The molecule has 1 heterocycles. The highest BCUT2D eigenvalue weighted by molar-refractivity contribution is 5.42. The Labute approximate surface area is 148 Å². The maximum absolute atomic E-state index is 9.60. The van der Waals surface area contributed by atoms with Crippen molar-refractivity contribution in [3.05, 3.63) is 41.6 Å². The molecular formula is C19H26N4O2. The molecule has 25 heavy (non-hydrogen) atoms. The van der Waals surface area contributed by atoms with Crippen molar-refractivity contribution in [1.29, 1.82) is 0 Å². The van der Waals surface area contributed by atoms with Gasteiger partial charge >= 0.3 is 0 Å². The molecule has 6 heteroatoms. The summed E-state index contributed by atoms with van der Waals surface area (Å²) in [6.07, 6.45) is 4.26. The minimum absolute atomic E-state index is 0.159. The van der Waals surface area contributed by atoms with Crippen LogP contribution in [0.3, 0.4) is 0 Å². The zero-order valence-corrected chi connectivity index (χ0v) is 14.6. The van der Waals surface area contributed by atoms with Crippen LogP contribution in [0.15, 0.2) is 30.3 Å². The number of aromatic nitrogens is 2. The van der Waals surface area contributed by atoms with E-state index in [4.69, 9.17) is 0 Å². The number of aliphatic hydroxyl groups excluding tert-OH is 1. The van der Waals surface area contributed by atoms with Gasteiger partial charge < -0.3 is 20.8 Å². The maximum atomic E-state index is 9.60. The first-order valence-corrected chi connectivity index (χ1v) is 8.90. The molecule has 1 aromatic heterocycles. The first-order valence-electron chi connectivity index (χ1n) is 8.90. The summed E-state index contributed by atoms with van der Waals surface area (Å²) in [6, 6.07) is 9.52. The van der Waals surface area contributed by atoms with Gasteiger partial charge in [0.25, 0.3) is 0 Å². The lowest BCUT2D eigenvalue weighted by Gasteiger charge is -2.26. The third kappa shape index (κ3) is 5.32. The summed E-state index contributed by atoms with van der Waals surface area (Å²) < 4.78 is 0. The lowest BCUT2D eigenvalue weighted by molar-refractivity contribution is 0.126. The summed E-state index contributed by atoms with van der Waals surface area (Å²) in [5.41, 5.74) is 2.08. The van der Waals surface area contributed by atoms with Crippen molar-refractivity contribution in [3.8, 4) is 5.75 Å². The van der Waals surface area contributed by atoms with Crippen LogP contribution in [0.25, 0.3) is 0 Å². The molecule has 0 radical (unpaired) electrons. The van der Waals surface area contributed by atoms with Crippen LogP contribution >= 0.6 is 0 Å². The summed E-state index contributed by atoms with van der Waals surface area (Å²) in [4.78, 5) is 9.03. The van der Waals surface area contributed by atoms with Crippen molar-refractivity contribution in [2.45, 2.75) is 51.2 Å². The fourth-order valence-corrected chi connectivity index (χ4v) is 3.12. The van der Waals surface area contributed by atoms with E-state index in [2.05, 4.69) is 20.6 Å². The van der Waals surface area contributed by atoms with Crippen molar-refractivity contribution >= 4 is 11.8 Å². The molecule has 0 unspecified atom stereocenters. The number of anilines is 2. The van der Waals surface area contributed by atoms with E-state index >= 15 is 0 Å². The smallest absolute Gasteiger partial charge is 0.225 e. The van der Waals surface area contributed by atoms with E-state index in [0.717, 1.165) is 55.7 Å². The van der Waals surface area contributed by atoms with Crippen molar-refractivity contribution < 1.29 is 10.2 Å². The van der Waals surface area contributed by atoms with Gasteiger partial charge in [-0.05, 0) is 56.7 Å². The summed E-state index contributed by atoms with van der Waals surface area (Å²) >= 11 is 0. The third-order valence-electron chi connectivity index (χ3n) is 4.54. The van der Waals surface area contributed by atoms with E-state index in [9.17, 15) is 10.2 Å². The predicted octanol–water partition coefficient (Wildman–Crippen LogP) is 2.86. The Kier molecular flexibility index (Phi) is 5.71. The summed E-state index contributed by atoms with van der Waals surface area (Å²) in [5, 5.41) is 25.7. The number of nitrogens with one attached hydrogen (secondary N) is 2. The molecule has 1 aliphatic carbocycles. The van der Waals surface area contributed by atoms with E-state index in [1.165, 1.54) is 0 Å². The maximum Gasteiger partial charge on any atom is 0.225 e. The molecule has 3 rings (SSSR count). The summed E-state index contributed by atoms with van der Waals surface area (Å²) in [7, 11) is 0. The third-order valence-corrected chi connectivity index (χ3v) is 4.54. The van der Waals surface area contributed by atoms with Gasteiger partial charge in [-0.25, -0.2) is 4.98 Å². The Bertz CT molecular complexity index is 682. The van der Waals surface area contributed by atoms with Gasteiger partial charge in [0.1, 0.15) is 11.6 Å². The van der Waals surface area contributed by atoms with Crippen LogP contribution in [-0.2, 0) is 6.42 Å². The number of aromatic hydroxyl groups is 1. The van der Waals surface area contributed by atoms with Gasteiger partial charge in [0, 0.05) is 24.3 Å². The van der Waals surface area contributed by atoms with Gasteiger partial charge in [0.15, 0.2) is 0 Å². The predicted molar refractivity (Wildman–Crippen MR) is 99.0 cm³/mol. The van der Waals surface area contributed by atoms with Gasteiger partial charge in [-0.1, -0.05) is 12.1 Å². The second kappa shape index (κ2) is 8.16. The number of benzene rings is 1. The Morgan fingerprint density at radius 2 is 1.80 bits per heavy atom. The molecule has 0 spiro atoms.